The molecule has 0 aliphatic rings. The fraction of sp³-hybridized carbons (Fsp3) is 0.250. The van der Waals surface area contributed by atoms with Gasteiger partial charge in [0.1, 0.15) is 11.4 Å². The number of pyridine rings is 1. The van der Waals surface area contributed by atoms with E-state index in [1.807, 2.05) is 19.9 Å². The van der Waals surface area contributed by atoms with Gasteiger partial charge in [-0.2, -0.15) is 0 Å². The Hall–Kier alpha value is -3.15. The highest BCUT2D eigenvalue weighted by atomic mass is 16.5. The van der Waals surface area contributed by atoms with E-state index in [0.717, 1.165) is 0 Å². The number of phenols is 1. The van der Waals surface area contributed by atoms with Crippen molar-refractivity contribution >= 4 is 5.78 Å². The second-order valence-corrected chi connectivity index (χ2v) is 6.35. The number of nitrogens with zero attached hydrogens (tertiary/aromatic N) is 2. The monoisotopic (exact) mass is 352 g/mol. The zero-order valence-electron chi connectivity index (χ0n) is 14.9. The van der Waals surface area contributed by atoms with Gasteiger partial charge in [-0.05, 0) is 36.2 Å². The van der Waals surface area contributed by atoms with Crippen LogP contribution in [0.3, 0.4) is 0 Å². The Bertz CT molecular complexity index is 897. The fourth-order valence-electron chi connectivity index (χ4n) is 2.54. The van der Waals surface area contributed by atoms with Crippen LogP contribution in [0.5, 0.6) is 11.6 Å². The number of benzene rings is 1. The minimum Gasteiger partial charge on any atom is -0.508 e. The third-order valence-electron chi connectivity index (χ3n) is 3.81. The normalized spacial score (nSPS) is 10.9. The highest BCUT2D eigenvalue weighted by Crippen LogP contribution is 2.34. The summed E-state index contributed by atoms with van der Waals surface area (Å²) in [6, 6.07) is 10.1. The molecule has 1 N–H and O–H groups in total. The van der Waals surface area contributed by atoms with E-state index >= 15 is 0 Å². The van der Waals surface area contributed by atoms with Crippen LogP contribution in [0.25, 0.3) is 22.6 Å². The molecule has 0 atom stereocenters. The molecule has 6 heteroatoms. The average Bonchev–Trinajstić information content (AvgIpc) is 3.07. The van der Waals surface area contributed by atoms with Gasteiger partial charge in [0, 0.05) is 29.8 Å². The van der Waals surface area contributed by atoms with Gasteiger partial charge >= 0.3 is 0 Å². The number of ketones is 1. The molecule has 0 fully saturated rings. The number of carbonyl (C=O) groups is 1. The van der Waals surface area contributed by atoms with Crippen molar-refractivity contribution in [1.82, 2.24) is 9.97 Å². The molecule has 6 nitrogen and oxygen atoms in total. The van der Waals surface area contributed by atoms with Crippen molar-refractivity contribution in [2.45, 2.75) is 20.3 Å². The van der Waals surface area contributed by atoms with Gasteiger partial charge in [-0.25, -0.2) is 9.97 Å². The molecule has 2 aromatic heterocycles. The van der Waals surface area contributed by atoms with Crippen molar-refractivity contribution in [3.8, 4) is 34.2 Å². The molecule has 2 heterocycles. The molecular formula is C20H20N2O4. The van der Waals surface area contributed by atoms with E-state index < -0.39 is 0 Å². The molecule has 0 amide bonds. The lowest BCUT2D eigenvalue weighted by Crippen LogP contribution is -2.03. The van der Waals surface area contributed by atoms with Crippen LogP contribution in [0, 0.1) is 5.92 Å². The second kappa shape index (κ2) is 7.39. The van der Waals surface area contributed by atoms with Gasteiger partial charge in [-0.15, -0.1) is 0 Å². The molecule has 134 valence electrons. The van der Waals surface area contributed by atoms with E-state index in [0.29, 0.717) is 34.9 Å². The first-order valence-electron chi connectivity index (χ1n) is 8.31. The van der Waals surface area contributed by atoms with Crippen molar-refractivity contribution in [2.75, 3.05) is 7.11 Å². The van der Waals surface area contributed by atoms with Gasteiger partial charge in [0.2, 0.25) is 11.7 Å². The van der Waals surface area contributed by atoms with Gasteiger partial charge < -0.3 is 14.3 Å². The van der Waals surface area contributed by atoms with Crippen molar-refractivity contribution < 1.29 is 19.1 Å². The first-order valence-corrected chi connectivity index (χ1v) is 8.31. The topological polar surface area (TPSA) is 85.5 Å². The first kappa shape index (κ1) is 17.7. The Balaban J connectivity index is 2.08. The molecule has 0 saturated heterocycles. The summed E-state index contributed by atoms with van der Waals surface area (Å²) < 4.78 is 10.9. The maximum absolute atomic E-state index is 12.4. The lowest BCUT2D eigenvalue weighted by Gasteiger charge is -2.03. The summed E-state index contributed by atoms with van der Waals surface area (Å²) in [6.45, 7) is 3.94. The van der Waals surface area contributed by atoms with Crippen LogP contribution in [0.15, 0.2) is 47.0 Å². The largest absolute Gasteiger partial charge is 0.508 e. The van der Waals surface area contributed by atoms with E-state index in [4.69, 9.17) is 9.15 Å². The highest BCUT2D eigenvalue weighted by Gasteiger charge is 2.22. The smallest absolute Gasteiger partial charge is 0.264 e. The quantitative estimate of drug-likeness (QED) is 0.664. The fourth-order valence-corrected chi connectivity index (χ4v) is 2.54. The SMILES string of the molecule is COc1ccc(-c2nc(C(=O)CC(C)C)oc2-c2ccc(O)cc2)cn1. The summed E-state index contributed by atoms with van der Waals surface area (Å²) in [5.74, 6) is 1.23. The Morgan fingerprint density at radius 3 is 2.42 bits per heavy atom. The predicted molar refractivity (Wildman–Crippen MR) is 97.2 cm³/mol. The van der Waals surface area contributed by atoms with Crippen LogP contribution < -0.4 is 4.74 Å². The molecule has 0 spiro atoms. The van der Waals surface area contributed by atoms with Crippen molar-refractivity contribution in [1.29, 1.82) is 0 Å². The van der Waals surface area contributed by atoms with Crippen molar-refractivity contribution in [3.05, 3.63) is 48.5 Å². The number of oxazole rings is 1. The number of methoxy groups -OCH3 is 1. The Morgan fingerprint density at radius 1 is 1.15 bits per heavy atom. The molecule has 0 aliphatic carbocycles. The Kier molecular flexibility index (Phi) is 5.02. The molecular weight excluding hydrogens is 332 g/mol. The number of ether oxygens (including phenoxy) is 1. The first-order chi connectivity index (χ1) is 12.5. The third kappa shape index (κ3) is 3.74. The molecule has 3 rings (SSSR count). The summed E-state index contributed by atoms with van der Waals surface area (Å²) in [6.07, 6.45) is 1.98. The molecule has 0 unspecified atom stereocenters. The summed E-state index contributed by atoms with van der Waals surface area (Å²) in [5.41, 5.74) is 1.95. The van der Waals surface area contributed by atoms with E-state index in [-0.39, 0.29) is 23.3 Å². The second-order valence-electron chi connectivity index (χ2n) is 6.35. The van der Waals surface area contributed by atoms with Gasteiger partial charge in [-0.1, -0.05) is 13.8 Å². The van der Waals surface area contributed by atoms with Crippen LogP contribution in [0.4, 0.5) is 0 Å². The lowest BCUT2D eigenvalue weighted by atomic mass is 10.1. The van der Waals surface area contributed by atoms with E-state index in [1.165, 1.54) is 0 Å². The maximum atomic E-state index is 12.4. The molecule has 3 aromatic rings. The highest BCUT2D eigenvalue weighted by molar-refractivity contribution is 5.93. The number of phenolic OH excluding ortho intramolecular Hbond substituents is 1. The Morgan fingerprint density at radius 2 is 1.85 bits per heavy atom. The Labute approximate surface area is 151 Å². The third-order valence-corrected chi connectivity index (χ3v) is 3.81. The van der Waals surface area contributed by atoms with Gasteiger partial charge in [0.25, 0.3) is 5.89 Å². The van der Waals surface area contributed by atoms with E-state index in [2.05, 4.69) is 9.97 Å². The molecule has 26 heavy (non-hydrogen) atoms. The van der Waals surface area contributed by atoms with E-state index in [9.17, 15) is 9.90 Å². The number of rotatable bonds is 6. The van der Waals surface area contributed by atoms with Gasteiger partial charge in [0.15, 0.2) is 5.76 Å². The minimum atomic E-state index is -0.146. The maximum Gasteiger partial charge on any atom is 0.264 e. The molecule has 0 saturated carbocycles. The summed E-state index contributed by atoms with van der Waals surface area (Å²) in [5, 5.41) is 9.52. The van der Waals surface area contributed by atoms with E-state index in [1.54, 1.807) is 43.6 Å². The lowest BCUT2D eigenvalue weighted by molar-refractivity contribution is 0.0934. The number of aromatic nitrogens is 2. The van der Waals surface area contributed by atoms with Crippen LogP contribution in [-0.4, -0.2) is 28.0 Å². The standard InChI is InChI=1S/C20H20N2O4/c1-12(2)10-16(24)20-22-18(14-6-9-17(25-3)21-11-14)19(26-20)13-4-7-15(23)8-5-13/h4-9,11-12,23H,10H2,1-3H3. The zero-order valence-corrected chi connectivity index (χ0v) is 14.9. The van der Waals surface area contributed by atoms with Crippen molar-refractivity contribution in [3.63, 3.8) is 0 Å². The zero-order chi connectivity index (χ0) is 18.7. The molecule has 0 aliphatic heterocycles. The molecule has 0 bridgehead atoms. The van der Waals surface area contributed by atoms with Crippen LogP contribution in [-0.2, 0) is 0 Å². The number of Topliss-reactive ketones (excluding diaryl/α,β-unsaturated/α-hetero) is 1. The summed E-state index contributed by atoms with van der Waals surface area (Å²) >= 11 is 0. The number of hydrogen-bond donors (Lipinski definition) is 1. The van der Waals surface area contributed by atoms with Crippen LogP contribution in [0.1, 0.15) is 31.0 Å². The minimum absolute atomic E-state index is 0.0765. The summed E-state index contributed by atoms with van der Waals surface area (Å²) in [4.78, 5) is 21.0. The molecule has 0 radical (unpaired) electrons. The number of carbonyl (C=O) groups excluding carboxylic acids is 1. The summed E-state index contributed by atoms with van der Waals surface area (Å²) in [7, 11) is 1.54. The van der Waals surface area contributed by atoms with Crippen molar-refractivity contribution in [2.24, 2.45) is 5.92 Å². The number of hydrogen-bond acceptors (Lipinski definition) is 6. The van der Waals surface area contributed by atoms with Gasteiger partial charge in [0.05, 0.1) is 7.11 Å². The molecule has 1 aromatic carbocycles. The van der Waals surface area contributed by atoms with Crippen LogP contribution in [0.2, 0.25) is 0 Å². The number of aromatic hydroxyl groups is 1. The van der Waals surface area contributed by atoms with Crippen LogP contribution >= 0.6 is 0 Å². The van der Waals surface area contributed by atoms with Gasteiger partial charge in [-0.3, -0.25) is 4.79 Å². The predicted octanol–water partition coefficient (Wildman–Crippen LogP) is 4.35. The average molecular weight is 352 g/mol.